The van der Waals surface area contributed by atoms with Crippen molar-refractivity contribution >= 4 is 11.8 Å². The first-order valence-corrected chi connectivity index (χ1v) is 6.78. The standard InChI is InChI=1S/C14H14F2N2S/c15-11-7-5-10(6-8-11)13(18-17)9-19-14-4-2-1-3-12(14)16/h1-8,13,18H,9,17H2. The molecule has 19 heavy (non-hydrogen) atoms. The molecule has 0 aliphatic heterocycles. The first kappa shape index (κ1) is 14.0. The zero-order valence-corrected chi connectivity index (χ0v) is 11.0. The number of hydrogen-bond acceptors (Lipinski definition) is 3. The van der Waals surface area contributed by atoms with E-state index >= 15 is 0 Å². The minimum Gasteiger partial charge on any atom is -0.271 e. The van der Waals surface area contributed by atoms with Gasteiger partial charge in [-0.15, -0.1) is 11.8 Å². The van der Waals surface area contributed by atoms with Crippen LogP contribution in [0, 0.1) is 11.6 Å². The number of hydrazine groups is 1. The predicted octanol–water partition coefficient (Wildman–Crippen LogP) is 3.26. The Labute approximate surface area is 115 Å². The van der Waals surface area contributed by atoms with Crippen molar-refractivity contribution in [3.05, 3.63) is 65.7 Å². The number of benzene rings is 2. The third kappa shape index (κ3) is 3.76. The van der Waals surface area contributed by atoms with Crippen LogP contribution in [-0.2, 0) is 0 Å². The molecule has 0 amide bonds. The Hall–Kier alpha value is -1.43. The summed E-state index contributed by atoms with van der Waals surface area (Å²) in [7, 11) is 0. The van der Waals surface area contributed by atoms with Crippen LogP contribution >= 0.6 is 11.8 Å². The van der Waals surface area contributed by atoms with Crippen LogP contribution < -0.4 is 11.3 Å². The third-order valence-electron chi connectivity index (χ3n) is 2.72. The van der Waals surface area contributed by atoms with Crippen molar-refractivity contribution in [2.24, 2.45) is 5.84 Å². The molecule has 100 valence electrons. The molecule has 0 aliphatic carbocycles. The summed E-state index contributed by atoms with van der Waals surface area (Å²) in [6.45, 7) is 0. The zero-order chi connectivity index (χ0) is 13.7. The van der Waals surface area contributed by atoms with Crippen molar-refractivity contribution in [2.45, 2.75) is 10.9 Å². The molecule has 0 aromatic heterocycles. The fourth-order valence-corrected chi connectivity index (χ4v) is 2.69. The van der Waals surface area contributed by atoms with Crippen LogP contribution in [0.4, 0.5) is 8.78 Å². The zero-order valence-electron chi connectivity index (χ0n) is 10.1. The lowest BCUT2D eigenvalue weighted by Crippen LogP contribution is -2.29. The lowest BCUT2D eigenvalue weighted by molar-refractivity contribution is 0.594. The molecule has 2 aromatic carbocycles. The Kier molecular flexibility index (Phi) is 4.90. The molecule has 0 fully saturated rings. The van der Waals surface area contributed by atoms with Crippen molar-refractivity contribution in [1.29, 1.82) is 0 Å². The highest BCUT2D eigenvalue weighted by Gasteiger charge is 2.11. The molecule has 0 heterocycles. The second kappa shape index (κ2) is 6.65. The first-order valence-electron chi connectivity index (χ1n) is 5.79. The van der Waals surface area contributed by atoms with E-state index in [-0.39, 0.29) is 17.7 Å². The third-order valence-corrected chi connectivity index (χ3v) is 3.86. The van der Waals surface area contributed by atoms with E-state index in [1.165, 1.54) is 30.0 Å². The van der Waals surface area contributed by atoms with Crippen LogP contribution in [0.1, 0.15) is 11.6 Å². The summed E-state index contributed by atoms with van der Waals surface area (Å²) in [4.78, 5) is 0.574. The Morgan fingerprint density at radius 1 is 1.05 bits per heavy atom. The fraction of sp³-hybridized carbons (Fsp3) is 0.143. The van der Waals surface area contributed by atoms with Crippen LogP contribution in [0.5, 0.6) is 0 Å². The summed E-state index contributed by atoms with van der Waals surface area (Å²) in [6, 6.07) is 12.5. The molecular formula is C14H14F2N2S. The summed E-state index contributed by atoms with van der Waals surface area (Å²) in [5.74, 6) is 5.51. The van der Waals surface area contributed by atoms with Gasteiger partial charge in [-0.2, -0.15) is 0 Å². The molecule has 1 unspecified atom stereocenters. The van der Waals surface area contributed by atoms with E-state index in [0.29, 0.717) is 10.6 Å². The monoisotopic (exact) mass is 280 g/mol. The molecule has 5 heteroatoms. The minimum absolute atomic E-state index is 0.162. The molecule has 0 saturated carbocycles. The number of halogens is 2. The fourth-order valence-electron chi connectivity index (χ4n) is 1.67. The van der Waals surface area contributed by atoms with Gasteiger partial charge in [-0.3, -0.25) is 11.3 Å². The Balaban J connectivity index is 2.04. The maximum Gasteiger partial charge on any atom is 0.136 e. The maximum atomic E-state index is 13.5. The van der Waals surface area contributed by atoms with E-state index < -0.39 is 0 Å². The first-order chi connectivity index (χ1) is 9.20. The highest BCUT2D eigenvalue weighted by atomic mass is 32.2. The van der Waals surface area contributed by atoms with Gasteiger partial charge in [0, 0.05) is 10.6 Å². The van der Waals surface area contributed by atoms with Crippen LogP contribution in [0.3, 0.4) is 0 Å². The quantitative estimate of drug-likeness (QED) is 0.501. The van der Waals surface area contributed by atoms with Crippen molar-refractivity contribution in [3.8, 4) is 0 Å². The van der Waals surface area contributed by atoms with Gasteiger partial charge in [-0.25, -0.2) is 8.78 Å². The normalized spacial score (nSPS) is 12.4. The SMILES string of the molecule is NNC(CSc1ccccc1F)c1ccc(F)cc1. The molecular weight excluding hydrogens is 266 g/mol. The van der Waals surface area contributed by atoms with Gasteiger partial charge in [0.15, 0.2) is 0 Å². The van der Waals surface area contributed by atoms with E-state index in [1.54, 1.807) is 30.3 Å². The molecule has 0 spiro atoms. The van der Waals surface area contributed by atoms with Crippen LogP contribution in [0.15, 0.2) is 53.4 Å². The number of hydrogen-bond donors (Lipinski definition) is 2. The van der Waals surface area contributed by atoms with E-state index in [1.807, 2.05) is 0 Å². The average Bonchev–Trinajstić information content (AvgIpc) is 2.43. The smallest absolute Gasteiger partial charge is 0.136 e. The Bertz CT molecular complexity index is 531. The van der Waals surface area contributed by atoms with E-state index in [2.05, 4.69) is 5.43 Å². The average molecular weight is 280 g/mol. The number of nitrogens with one attached hydrogen (secondary N) is 1. The summed E-state index contributed by atoms with van der Waals surface area (Å²) in [5.41, 5.74) is 3.53. The van der Waals surface area contributed by atoms with Gasteiger partial charge in [-0.1, -0.05) is 24.3 Å². The second-order valence-electron chi connectivity index (χ2n) is 4.01. The topological polar surface area (TPSA) is 38.0 Å². The summed E-state index contributed by atoms with van der Waals surface area (Å²) >= 11 is 1.37. The molecule has 0 bridgehead atoms. The summed E-state index contributed by atoms with van der Waals surface area (Å²) in [6.07, 6.45) is 0. The van der Waals surface area contributed by atoms with Gasteiger partial charge in [0.05, 0.1) is 6.04 Å². The molecule has 0 radical (unpaired) electrons. The maximum absolute atomic E-state index is 13.5. The number of thioether (sulfide) groups is 1. The molecule has 2 rings (SSSR count). The van der Waals surface area contributed by atoms with Gasteiger partial charge in [-0.05, 0) is 29.8 Å². The lowest BCUT2D eigenvalue weighted by Gasteiger charge is -2.16. The summed E-state index contributed by atoms with van der Waals surface area (Å²) < 4.78 is 26.3. The predicted molar refractivity (Wildman–Crippen MR) is 73.6 cm³/mol. The number of nitrogens with two attached hydrogens (primary N) is 1. The molecule has 1 atom stereocenters. The highest BCUT2D eigenvalue weighted by Crippen LogP contribution is 2.26. The molecule has 3 N–H and O–H groups in total. The Morgan fingerprint density at radius 3 is 2.37 bits per heavy atom. The second-order valence-corrected chi connectivity index (χ2v) is 5.07. The van der Waals surface area contributed by atoms with Crippen molar-refractivity contribution in [3.63, 3.8) is 0 Å². The lowest BCUT2D eigenvalue weighted by atomic mass is 10.1. The van der Waals surface area contributed by atoms with Gasteiger partial charge in [0.1, 0.15) is 11.6 Å². The van der Waals surface area contributed by atoms with E-state index in [4.69, 9.17) is 5.84 Å². The van der Waals surface area contributed by atoms with Gasteiger partial charge >= 0.3 is 0 Å². The molecule has 0 saturated heterocycles. The van der Waals surface area contributed by atoms with Crippen molar-refractivity contribution < 1.29 is 8.78 Å². The molecule has 2 aromatic rings. The van der Waals surface area contributed by atoms with E-state index in [0.717, 1.165) is 5.56 Å². The van der Waals surface area contributed by atoms with Gasteiger partial charge < -0.3 is 0 Å². The van der Waals surface area contributed by atoms with Gasteiger partial charge in [0.25, 0.3) is 0 Å². The highest BCUT2D eigenvalue weighted by molar-refractivity contribution is 7.99. The number of rotatable bonds is 5. The van der Waals surface area contributed by atoms with E-state index in [9.17, 15) is 8.78 Å². The van der Waals surface area contributed by atoms with Crippen molar-refractivity contribution in [1.82, 2.24) is 5.43 Å². The van der Waals surface area contributed by atoms with Crippen LogP contribution in [0.2, 0.25) is 0 Å². The van der Waals surface area contributed by atoms with Gasteiger partial charge in [0.2, 0.25) is 0 Å². The molecule has 2 nitrogen and oxygen atoms in total. The molecule has 0 aliphatic rings. The largest absolute Gasteiger partial charge is 0.271 e. The Morgan fingerprint density at radius 2 is 1.74 bits per heavy atom. The van der Waals surface area contributed by atoms with Crippen LogP contribution in [0.25, 0.3) is 0 Å². The summed E-state index contributed by atoms with van der Waals surface area (Å²) in [5, 5.41) is 0. The van der Waals surface area contributed by atoms with Crippen molar-refractivity contribution in [2.75, 3.05) is 5.75 Å². The minimum atomic E-state index is -0.290. The van der Waals surface area contributed by atoms with Crippen LogP contribution in [-0.4, -0.2) is 5.75 Å².